The van der Waals surface area contributed by atoms with E-state index < -0.39 is 5.97 Å². The van der Waals surface area contributed by atoms with Gasteiger partial charge in [-0.15, -0.1) is 0 Å². The Labute approximate surface area is 113 Å². The molecule has 0 radical (unpaired) electrons. The highest BCUT2D eigenvalue weighted by Gasteiger charge is 2.13. The fourth-order valence-corrected chi connectivity index (χ4v) is 1.65. The van der Waals surface area contributed by atoms with E-state index in [2.05, 4.69) is 26.1 Å². The first-order valence-corrected chi connectivity index (χ1v) is 6.37. The molecule has 0 heterocycles. The maximum Gasteiger partial charge on any atom is 0.307 e. The van der Waals surface area contributed by atoms with E-state index in [0.717, 1.165) is 6.42 Å². The SMILES string of the molecule is CC(C)(C)CCC(=O)Nc1cccc(CC(=O)O)c1. The standard InChI is InChI=1S/C15H21NO3/c1-15(2,3)8-7-13(17)16-12-6-4-5-11(9-12)10-14(18)19/h4-6,9H,7-8,10H2,1-3H3,(H,16,17)(H,18,19). The molecule has 1 aromatic carbocycles. The molecule has 19 heavy (non-hydrogen) atoms. The van der Waals surface area contributed by atoms with Gasteiger partial charge in [0.15, 0.2) is 0 Å². The lowest BCUT2D eigenvalue weighted by atomic mass is 9.90. The normalized spacial score (nSPS) is 11.1. The minimum absolute atomic E-state index is 0.0360. The van der Waals surface area contributed by atoms with Crippen molar-refractivity contribution in [2.75, 3.05) is 5.32 Å². The van der Waals surface area contributed by atoms with Crippen LogP contribution in [0.5, 0.6) is 0 Å². The van der Waals surface area contributed by atoms with E-state index in [1.165, 1.54) is 0 Å². The number of rotatable bonds is 5. The molecule has 4 heteroatoms. The van der Waals surface area contributed by atoms with Crippen molar-refractivity contribution in [3.63, 3.8) is 0 Å². The van der Waals surface area contributed by atoms with Gasteiger partial charge in [-0.3, -0.25) is 9.59 Å². The minimum atomic E-state index is -0.879. The lowest BCUT2D eigenvalue weighted by molar-refractivity contribution is -0.136. The number of carbonyl (C=O) groups is 2. The van der Waals surface area contributed by atoms with E-state index >= 15 is 0 Å². The van der Waals surface area contributed by atoms with Crippen LogP contribution in [0.2, 0.25) is 0 Å². The highest BCUT2D eigenvalue weighted by molar-refractivity contribution is 5.90. The number of anilines is 1. The van der Waals surface area contributed by atoms with Gasteiger partial charge in [0, 0.05) is 12.1 Å². The van der Waals surface area contributed by atoms with Gasteiger partial charge in [-0.05, 0) is 29.5 Å². The molecular formula is C15H21NO3. The van der Waals surface area contributed by atoms with Crippen molar-refractivity contribution in [2.24, 2.45) is 5.41 Å². The van der Waals surface area contributed by atoms with E-state index in [9.17, 15) is 9.59 Å². The van der Waals surface area contributed by atoms with Crippen molar-refractivity contribution in [1.29, 1.82) is 0 Å². The number of nitrogens with one attached hydrogen (secondary N) is 1. The Balaban J connectivity index is 2.57. The molecule has 0 unspecified atom stereocenters. The third kappa shape index (κ3) is 6.60. The van der Waals surface area contributed by atoms with E-state index in [4.69, 9.17) is 5.11 Å². The second-order valence-corrected chi connectivity index (χ2v) is 5.88. The average molecular weight is 263 g/mol. The fraction of sp³-hybridized carbons (Fsp3) is 0.467. The zero-order valence-corrected chi connectivity index (χ0v) is 11.7. The molecule has 0 bridgehead atoms. The summed E-state index contributed by atoms with van der Waals surface area (Å²) in [5.74, 6) is -0.918. The van der Waals surface area contributed by atoms with Crippen molar-refractivity contribution in [3.8, 4) is 0 Å². The van der Waals surface area contributed by atoms with Gasteiger partial charge in [-0.1, -0.05) is 32.9 Å². The van der Waals surface area contributed by atoms with Crippen LogP contribution in [0, 0.1) is 5.41 Å². The van der Waals surface area contributed by atoms with Crippen LogP contribution in [0.1, 0.15) is 39.2 Å². The molecule has 2 N–H and O–H groups in total. The summed E-state index contributed by atoms with van der Waals surface area (Å²) < 4.78 is 0. The first-order chi connectivity index (χ1) is 8.76. The number of aliphatic carboxylic acids is 1. The summed E-state index contributed by atoms with van der Waals surface area (Å²) in [5.41, 5.74) is 1.46. The van der Waals surface area contributed by atoms with Crippen LogP contribution in [-0.2, 0) is 16.0 Å². The molecule has 0 aliphatic rings. The molecule has 0 aliphatic carbocycles. The summed E-state index contributed by atoms with van der Waals surface area (Å²) in [6, 6.07) is 6.94. The van der Waals surface area contributed by atoms with Gasteiger partial charge in [0.1, 0.15) is 0 Å². The highest BCUT2D eigenvalue weighted by atomic mass is 16.4. The van der Waals surface area contributed by atoms with E-state index in [0.29, 0.717) is 17.7 Å². The molecule has 4 nitrogen and oxygen atoms in total. The summed E-state index contributed by atoms with van der Waals surface area (Å²) in [6.45, 7) is 6.27. The van der Waals surface area contributed by atoms with Gasteiger partial charge in [0.05, 0.1) is 6.42 Å². The molecule has 0 aliphatic heterocycles. The van der Waals surface area contributed by atoms with Crippen molar-refractivity contribution in [3.05, 3.63) is 29.8 Å². The number of hydrogen-bond acceptors (Lipinski definition) is 2. The Hall–Kier alpha value is -1.84. The van der Waals surface area contributed by atoms with Crippen molar-refractivity contribution in [2.45, 2.75) is 40.0 Å². The third-order valence-electron chi connectivity index (χ3n) is 2.67. The predicted octanol–water partition coefficient (Wildman–Crippen LogP) is 3.08. The van der Waals surface area contributed by atoms with Crippen LogP contribution in [0.25, 0.3) is 0 Å². The molecule has 104 valence electrons. The van der Waals surface area contributed by atoms with E-state index in [-0.39, 0.29) is 17.7 Å². The highest BCUT2D eigenvalue weighted by Crippen LogP contribution is 2.21. The smallest absolute Gasteiger partial charge is 0.307 e. The second kappa shape index (κ2) is 6.36. The van der Waals surface area contributed by atoms with Gasteiger partial charge in [-0.2, -0.15) is 0 Å². The quantitative estimate of drug-likeness (QED) is 0.858. The number of benzene rings is 1. The van der Waals surface area contributed by atoms with Crippen molar-refractivity contribution in [1.82, 2.24) is 0 Å². The van der Waals surface area contributed by atoms with E-state index in [1.807, 2.05) is 0 Å². The summed E-state index contributed by atoms with van der Waals surface area (Å²) in [5, 5.41) is 11.5. The topological polar surface area (TPSA) is 66.4 Å². The summed E-state index contributed by atoms with van der Waals surface area (Å²) in [4.78, 5) is 22.4. The van der Waals surface area contributed by atoms with Gasteiger partial charge < -0.3 is 10.4 Å². The molecule has 1 rings (SSSR count). The van der Waals surface area contributed by atoms with Crippen LogP contribution in [0.3, 0.4) is 0 Å². The molecule has 0 atom stereocenters. The molecule has 0 aromatic heterocycles. The molecule has 0 fully saturated rings. The zero-order chi connectivity index (χ0) is 14.5. The molecule has 0 spiro atoms. The van der Waals surface area contributed by atoms with Gasteiger partial charge in [-0.25, -0.2) is 0 Å². The Kier molecular flexibility index (Phi) is 5.10. The maximum absolute atomic E-state index is 11.8. The molecular weight excluding hydrogens is 242 g/mol. The zero-order valence-electron chi connectivity index (χ0n) is 11.7. The van der Waals surface area contributed by atoms with Crippen LogP contribution in [0.4, 0.5) is 5.69 Å². The third-order valence-corrected chi connectivity index (χ3v) is 2.67. The maximum atomic E-state index is 11.8. The van der Waals surface area contributed by atoms with Crippen LogP contribution in [0.15, 0.2) is 24.3 Å². The lowest BCUT2D eigenvalue weighted by Gasteiger charge is -2.17. The average Bonchev–Trinajstić information content (AvgIpc) is 2.25. The number of carboxylic acid groups (broad SMARTS) is 1. The molecule has 1 aromatic rings. The first kappa shape index (κ1) is 15.2. The lowest BCUT2D eigenvalue weighted by Crippen LogP contribution is -2.15. The van der Waals surface area contributed by atoms with Gasteiger partial charge >= 0.3 is 5.97 Å². The first-order valence-electron chi connectivity index (χ1n) is 6.37. The number of hydrogen-bond donors (Lipinski definition) is 2. The largest absolute Gasteiger partial charge is 0.481 e. The molecule has 0 saturated heterocycles. The summed E-state index contributed by atoms with van der Waals surface area (Å²) in [6.07, 6.45) is 1.24. The Morgan fingerprint density at radius 3 is 2.53 bits per heavy atom. The molecule has 0 saturated carbocycles. The summed E-state index contributed by atoms with van der Waals surface area (Å²) >= 11 is 0. The van der Waals surface area contributed by atoms with Crippen LogP contribution in [-0.4, -0.2) is 17.0 Å². The van der Waals surface area contributed by atoms with Crippen molar-refractivity contribution >= 4 is 17.6 Å². The Morgan fingerprint density at radius 1 is 1.26 bits per heavy atom. The number of carbonyl (C=O) groups excluding carboxylic acids is 1. The van der Waals surface area contributed by atoms with Crippen LogP contribution < -0.4 is 5.32 Å². The molecule has 1 amide bonds. The van der Waals surface area contributed by atoms with Crippen LogP contribution >= 0.6 is 0 Å². The summed E-state index contributed by atoms with van der Waals surface area (Å²) in [7, 11) is 0. The Bertz CT molecular complexity index is 461. The van der Waals surface area contributed by atoms with E-state index in [1.54, 1.807) is 24.3 Å². The number of carboxylic acids is 1. The number of amides is 1. The fourth-order valence-electron chi connectivity index (χ4n) is 1.65. The second-order valence-electron chi connectivity index (χ2n) is 5.88. The Morgan fingerprint density at radius 2 is 1.95 bits per heavy atom. The van der Waals surface area contributed by atoms with Gasteiger partial charge in [0.25, 0.3) is 0 Å². The predicted molar refractivity (Wildman–Crippen MR) is 75.1 cm³/mol. The van der Waals surface area contributed by atoms with Gasteiger partial charge in [0.2, 0.25) is 5.91 Å². The monoisotopic (exact) mass is 263 g/mol. The van der Waals surface area contributed by atoms with Crippen molar-refractivity contribution < 1.29 is 14.7 Å². The minimum Gasteiger partial charge on any atom is -0.481 e.